The third kappa shape index (κ3) is 1.67. The number of pyridine rings is 1. The molecule has 0 bridgehead atoms. The van der Waals surface area contributed by atoms with E-state index in [-0.39, 0.29) is 11.3 Å². The molecule has 0 aliphatic carbocycles. The van der Waals surface area contributed by atoms with Gasteiger partial charge in [0, 0.05) is 12.3 Å². The molecule has 0 amide bonds. The predicted molar refractivity (Wildman–Crippen MR) is 69.0 cm³/mol. The first kappa shape index (κ1) is 12.3. The average molecular weight is 264 g/mol. The van der Waals surface area contributed by atoms with Crippen LogP contribution in [0.3, 0.4) is 0 Å². The Morgan fingerprint density at radius 3 is 2.56 bits per heavy atom. The molecule has 0 atom stereocenters. The smallest absolute Gasteiger partial charge is 0.148 e. The lowest BCUT2D eigenvalue weighted by atomic mass is 10.1. The molecule has 2 N–H and O–H groups in total. The lowest BCUT2D eigenvalue weighted by molar-refractivity contribution is 0.397. The van der Waals surface area contributed by atoms with Gasteiger partial charge in [-0.05, 0) is 0 Å². The number of ether oxygens (including phenoxy) is 2. The molecule has 0 aliphatic rings. The molecule has 0 saturated heterocycles. The second kappa shape index (κ2) is 4.59. The normalized spacial score (nSPS) is 10.1. The van der Waals surface area contributed by atoms with Gasteiger partial charge in [-0.25, -0.2) is 0 Å². The zero-order valence-electron chi connectivity index (χ0n) is 9.82. The molecule has 5 nitrogen and oxygen atoms in total. The van der Waals surface area contributed by atoms with Gasteiger partial charge in [0.1, 0.15) is 23.1 Å². The Kier molecular flexibility index (Phi) is 3.13. The first-order chi connectivity index (χ1) is 8.63. The van der Waals surface area contributed by atoms with E-state index in [2.05, 4.69) is 4.98 Å². The van der Waals surface area contributed by atoms with Gasteiger partial charge in [0.15, 0.2) is 0 Å². The number of nitrogens with zero attached hydrogens (tertiary/aromatic N) is 2. The van der Waals surface area contributed by atoms with Crippen LogP contribution in [-0.2, 0) is 0 Å². The van der Waals surface area contributed by atoms with Crippen molar-refractivity contribution in [3.05, 3.63) is 22.8 Å². The number of benzene rings is 1. The summed E-state index contributed by atoms with van der Waals surface area (Å²) < 4.78 is 10.4. The largest absolute Gasteiger partial charge is 0.495 e. The molecule has 92 valence electrons. The number of anilines is 1. The van der Waals surface area contributed by atoms with E-state index >= 15 is 0 Å². The minimum absolute atomic E-state index is 0.264. The first-order valence-electron chi connectivity index (χ1n) is 5.02. The summed E-state index contributed by atoms with van der Waals surface area (Å²) in [6.45, 7) is 0. The van der Waals surface area contributed by atoms with Crippen LogP contribution in [0.5, 0.6) is 11.5 Å². The van der Waals surface area contributed by atoms with Gasteiger partial charge in [-0.2, -0.15) is 5.26 Å². The molecule has 0 saturated carbocycles. The van der Waals surface area contributed by atoms with Crippen molar-refractivity contribution >= 4 is 28.2 Å². The molecule has 0 aliphatic heterocycles. The van der Waals surface area contributed by atoms with E-state index in [0.29, 0.717) is 27.4 Å². The van der Waals surface area contributed by atoms with Crippen molar-refractivity contribution in [2.24, 2.45) is 0 Å². The summed E-state index contributed by atoms with van der Waals surface area (Å²) in [6.07, 6.45) is 1.39. The maximum atomic E-state index is 8.95. The van der Waals surface area contributed by atoms with Crippen LogP contribution in [0.15, 0.2) is 12.3 Å². The quantitative estimate of drug-likeness (QED) is 0.899. The Morgan fingerprint density at radius 1 is 1.33 bits per heavy atom. The highest BCUT2D eigenvalue weighted by atomic mass is 35.5. The van der Waals surface area contributed by atoms with Crippen molar-refractivity contribution in [1.82, 2.24) is 4.98 Å². The van der Waals surface area contributed by atoms with E-state index in [0.717, 1.165) is 0 Å². The second-order valence-electron chi connectivity index (χ2n) is 3.52. The van der Waals surface area contributed by atoms with Gasteiger partial charge in [-0.15, -0.1) is 0 Å². The monoisotopic (exact) mass is 263 g/mol. The van der Waals surface area contributed by atoms with Gasteiger partial charge in [0.05, 0.1) is 35.9 Å². The number of nitrogen functional groups attached to an aromatic ring is 1. The lowest BCUT2D eigenvalue weighted by Gasteiger charge is -2.12. The van der Waals surface area contributed by atoms with Crippen LogP contribution in [0.25, 0.3) is 10.9 Å². The van der Waals surface area contributed by atoms with Crippen LogP contribution in [0.4, 0.5) is 5.69 Å². The third-order valence-corrected chi connectivity index (χ3v) is 2.99. The van der Waals surface area contributed by atoms with Gasteiger partial charge in [-0.3, -0.25) is 4.98 Å². The van der Waals surface area contributed by atoms with Crippen LogP contribution < -0.4 is 15.2 Å². The van der Waals surface area contributed by atoms with E-state index in [1.807, 2.05) is 6.07 Å². The van der Waals surface area contributed by atoms with Crippen molar-refractivity contribution in [2.75, 3.05) is 20.0 Å². The fraction of sp³-hybridized carbons (Fsp3) is 0.167. The highest BCUT2D eigenvalue weighted by Crippen LogP contribution is 2.41. The number of hydrogen-bond donors (Lipinski definition) is 1. The maximum Gasteiger partial charge on any atom is 0.148 e. The van der Waals surface area contributed by atoms with Crippen molar-refractivity contribution in [2.45, 2.75) is 0 Å². The molecular formula is C12H10ClN3O2. The SMILES string of the molecule is COc1cc(OC)c2ncc(C#N)c(N)c2c1Cl. The van der Waals surface area contributed by atoms with E-state index < -0.39 is 0 Å². The molecule has 0 spiro atoms. The molecule has 2 aromatic rings. The molecule has 0 fully saturated rings. The van der Waals surface area contributed by atoms with Gasteiger partial charge in [-0.1, -0.05) is 11.6 Å². The van der Waals surface area contributed by atoms with Crippen LogP contribution in [0.1, 0.15) is 5.56 Å². The minimum atomic E-state index is 0.264. The Hall–Kier alpha value is -2.19. The van der Waals surface area contributed by atoms with E-state index in [1.165, 1.54) is 20.4 Å². The first-order valence-corrected chi connectivity index (χ1v) is 5.40. The maximum absolute atomic E-state index is 8.95. The summed E-state index contributed by atoms with van der Waals surface area (Å²) in [4.78, 5) is 4.15. The molecule has 0 unspecified atom stereocenters. The fourth-order valence-corrected chi connectivity index (χ4v) is 2.02. The number of hydrogen-bond acceptors (Lipinski definition) is 5. The van der Waals surface area contributed by atoms with E-state index in [1.54, 1.807) is 6.07 Å². The highest BCUT2D eigenvalue weighted by molar-refractivity contribution is 6.38. The van der Waals surface area contributed by atoms with Gasteiger partial charge in [0.25, 0.3) is 0 Å². The Morgan fingerprint density at radius 2 is 2.00 bits per heavy atom. The highest BCUT2D eigenvalue weighted by Gasteiger charge is 2.17. The van der Waals surface area contributed by atoms with Gasteiger partial charge < -0.3 is 15.2 Å². The number of nitriles is 1. The number of methoxy groups -OCH3 is 2. The zero-order chi connectivity index (χ0) is 13.3. The molecule has 0 radical (unpaired) electrons. The molecule has 6 heteroatoms. The number of aromatic nitrogens is 1. The summed E-state index contributed by atoms with van der Waals surface area (Å²) in [5, 5.41) is 9.73. The van der Waals surface area contributed by atoms with Crippen molar-refractivity contribution in [3.8, 4) is 17.6 Å². The molecule has 1 aromatic heterocycles. The van der Waals surface area contributed by atoms with Crippen LogP contribution in [0, 0.1) is 11.3 Å². The van der Waals surface area contributed by atoms with Crippen molar-refractivity contribution < 1.29 is 9.47 Å². The second-order valence-corrected chi connectivity index (χ2v) is 3.89. The van der Waals surface area contributed by atoms with Crippen molar-refractivity contribution in [1.29, 1.82) is 5.26 Å². The van der Waals surface area contributed by atoms with Crippen LogP contribution in [-0.4, -0.2) is 19.2 Å². The molecule has 1 aromatic carbocycles. The number of nitrogens with two attached hydrogens (primary N) is 1. The topological polar surface area (TPSA) is 81.2 Å². The summed E-state index contributed by atoms with van der Waals surface area (Å²) in [5.41, 5.74) is 6.95. The van der Waals surface area contributed by atoms with Crippen LogP contribution in [0.2, 0.25) is 5.02 Å². The number of halogens is 1. The van der Waals surface area contributed by atoms with E-state index in [9.17, 15) is 0 Å². The minimum Gasteiger partial charge on any atom is -0.495 e. The summed E-state index contributed by atoms with van der Waals surface area (Å²) in [5.74, 6) is 0.909. The lowest BCUT2D eigenvalue weighted by Crippen LogP contribution is -1.98. The zero-order valence-corrected chi connectivity index (χ0v) is 10.6. The third-order valence-electron chi connectivity index (χ3n) is 2.61. The van der Waals surface area contributed by atoms with Gasteiger partial charge in [0.2, 0.25) is 0 Å². The summed E-state index contributed by atoms with van der Waals surface area (Å²) >= 11 is 6.19. The van der Waals surface area contributed by atoms with E-state index in [4.69, 9.17) is 32.1 Å². The number of rotatable bonds is 2. The molecule has 2 rings (SSSR count). The molecule has 18 heavy (non-hydrogen) atoms. The predicted octanol–water partition coefficient (Wildman–Crippen LogP) is 2.36. The summed E-state index contributed by atoms with van der Waals surface area (Å²) in [7, 11) is 3.00. The standard InChI is InChI=1S/C12H10ClN3O2/c1-17-7-3-8(18-2)12-9(10(7)13)11(15)6(4-14)5-16-12/h3,5H,1-2H3,(H2,15,16). The Labute approximate surface area is 109 Å². The Bertz CT molecular complexity index is 665. The fourth-order valence-electron chi connectivity index (χ4n) is 1.70. The molecular weight excluding hydrogens is 254 g/mol. The summed E-state index contributed by atoms with van der Waals surface area (Å²) in [6, 6.07) is 3.59. The van der Waals surface area contributed by atoms with Crippen LogP contribution >= 0.6 is 11.6 Å². The van der Waals surface area contributed by atoms with Gasteiger partial charge >= 0.3 is 0 Å². The van der Waals surface area contributed by atoms with Crippen molar-refractivity contribution in [3.63, 3.8) is 0 Å². The molecule has 1 heterocycles. The average Bonchev–Trinajstić information content (AvgIpc) is 2.39. The Balaban J connectivity index is 2.97. The number of fused-ring (bicyclic) bond motifs is 1.